The molecule has 0 spiro atoms. The number of nitrogens with zero attached hydrogens (tertiary/aromatic N) is 1. The van der Waals surface area contributed by atoms with E-state index in [0.717, 1.165) is 36.9 Å². The first kappa shape index (κ1) is 24.3. The van der Waals surface area contributed by atoms with Gasteiger partial charge in [0.25, 0.3) is 5.69 Å². The van der Waals surface area contributed by atoms with Crippen LogP contribution in [0.3, 0.4) is 0 Å². The summed E-state index contributed by atoms with van der Waals surface area (Å²) in [5.41, 5.74) is 3.66. The lowest BCUT2D eigenvalue weighted by Crippen LogP contribution is -2.36. The van der Waals surface area contributed by atoms with Crippen LogP contribution in [0.25, 0.3) is 0 Å². The maximum atomic E-state index is 13.7. The van der Waals surface area contributed by atoms with E-state index in [1.807, 2.05) is 24.3 Å². The second kappa shape index (κ2) is 9.90. The Hall–Kier alpha value is -3.45. The van der Waals surface area contributed by atoms with Gasteiger partial charge in [-0.1, -0.05) is 35.9 Å². The number of carbonyl (C=O) groups is 2. The van der Waals surface area contributed by atoms with Gasteiger partial charge in [-0.2, -0.15) is 0 Å². The smallest absolute Gasteiger partial charge is 0.337 e. The van der Waals surface area contributed by atoms with Crippen LogP contribution in [0.4, 0.5) is 5.69 Å². The standard InChI is InChI=1S/C28H27ClN2O5/c1-16-25(28(33)36-22-7-2-3-8-22)26(18-5-4-6-21(13-18)31(34)35)27-23(30-16)14-19(15-24(27)32)17-9-11-20(29)12-10-17/h4-6,9-13,19,22,26,30H,2-3,7-8,14-15H2,1H3/t19-,26+/m1/s1. The fourth-order valence-electron chi connectivity index (χ4n) is 5.65. The molecule has 0 amide bonds. The molecule has 1 fully saturated rings. The fraction of sp³-hybridized carbons (Fsp3) is 0.357. The monoisotopic (exact) mass is 506 g/mol. The summed E-state index contributed by atoms with van der Waals surface area (Å²) >= 11 is 6.05. The number of carbonyl (C=O) groups excluding carboxylic acids is 2. The van der Waals surface area contributed by atoms with E-state index in [4.69, 9.17) is 16.3 Å². The summed E-state index contributed by atoms with van der Waals surface area (Å²) in [6.07, 6.45) is 4.39. The lowest BCUT2D eigenvalue weighted by Gasteiger charge is -2.37. The average Bonchev–Trinajstić information content (AvgIpc) is 3.36. The number of nitrogens with one attached hydrogen (secondary N) is 1. The number of nitro groups is 1. The SMILES string of the molecule is CC1=C(C(=O)OC2CCCC2)[C@H](c2cccc([N+](=O)[O-])c2)C2=C(C[C@@H](c3ccc(Cl)cc3)CC2=O)N1. The lowest BCUT2D eigenvalue weighted by molar-refractivity contribution is -0.384. The molecule has 8 heteroatoms. The van der Waals surface area contributed by atoms with Crippen LogP contribution in [-0.2, 0) is 14.3 Å². The molecule has 1 N–H and O–H groups in total. The van der Waals surface area contributed by atoms with Gasteiger partial charge in [0.1, 0.15) is 6.10 Å². The van der Waals surface area contributed by atoms with Gasteiger partial charge in [0.15, 0.2) is 5.78 Å². The maximum Gasteiger partial charge on any atom is 0.337 e. The Morgan fingerprint density at radius 3 is 2.50 bits per heavy atom. The number of allylic oxidation sites excluding steroid dienone is 3. The Kier molecular flexibility index (Phi) is 6.67. The highest BCUT2D eigenvalue weighted by Gasteiger charge is 2.42. The number of hydrogen-bond acceptors (Lipinski definition) is 6. The van der Waals surface area contributed by atoms with Gasteiger partial charge < -0.3 is 10.1 Å². The van der Waals surface area contributed by atoms with Crippen LogP contribution < -0.4 is 5.32 Å². The van der Waals surface area contributed by atoms with E-state index in [-0.39, 0.29) is 29.9 Å². The normalized spacial score (nSPS) is 22.3. The molecule has 1 aliphatic heterocycles. The predicted octanol–water partition coefficient (Wildman–Crippen LogP) is 6.10. The Morgan fingerprint density at radius 2 is 1.81 bits per heavy atom. The van der Waals surface area contributed by atoms with Crippen molar-refractivity contribution in [2.24, 2.45) is 0 Å². The molecule has 186 valence electrons. The molecule has 2 aliphatic carbocycles. The van der Waals surface area contributed by atoms with Gasteiger partial charge in [0.05, 0.1) is 10.5 Å². The molecule has 7 nitrogen and oxygen atoms in total. The maximum absolute atomic E-state index is 13.7. The second-order valence-corrected chi connectivity index (χ2v) is 10.2. The van der Waals surface area contributed by atoms with Gasteiger partial charge in [-0.05, 0) is 68.2 Å². The summed E-state index contributed by atoms with van der Waals surface area (Å²) in [6, 6.07) is 13.7. The topological polar surface area (TPSA) is 98.5 Å². The van der Waals surface area contributed by atoms with Crippen molar-refractivity contribution in [2.75, 3.05) is 0 Å². The molecular formula is C28H27ClN2O5. The van der Waals surface area contributed by atoms with Gasteiger partial charge in [0, 0.05) is 46.5 Å². The lowest BCUT2D eigenvalue weighted by atomic mass is 9.71. The number of rotatable bonds is 5. The molecule has 1 saturated carbocycles. The molecule has 0 unspecified atom stereocenters. The number of esters is 1. The third-order valence-electron chi connectivity index (χ3n) is 7.38. The predicted molar refractivity (Wildman–Crippen MR) is 135 cm³/mol. The molecular weight excluding hydrogens is 480 g/mol. The van der Waals surface area contributed by atoms with Gasteiger partial charge in [0.2, 0.25) is 0 Å². The number of halogens is 1. The first-order valence-electron chi connectivity index (χ1n) is 12.3. The van der Waals surface area contributed by atoms with E-state index in [2.05, 4.69) is 5.32 Å². The van der Waals surface area contributed by atoms with Crippen molar-refractivity contribution in [3.8, 4) is 0 Å². The number of benzene rings is 2. The van der Waals surface area contributed by atoms with Crippen molar-refractivity contribution in [2.45, 2.75) is 63.4 Å². The van der Waals surface area contributed by atoms with Gasteiger partial charge >= 0.3 is 5.97 Å². The largest absolute Gasteiger partial charge is 0.459 e. The molecule has 2 aromatic rings. The highest BCUT2D eigenvalue weighted by molar-refractivity contribution is 6.30. The van der Waals surface area contributed by atoms with Crippen molar-refractivity contribution in [1.29, 1.82) is 0 Å². The zero-order chi connectivity index (χ0) is 25.4. The highest BCUT2D eigenvalue weighted by atomic mass is 35.5. The van der Waals surface area contributed by atoms with E-state index in [1.54, 1.807) is 19.1 Å². The Morgan fingerprint density at radius 1 is 1.08 bits per heavy atom. The van der Waals surface area contributed by atoms with Crippen LogP contribution in [-0.4, -0.2) is 22.8 Å². The molecule has 1 heterocycles. The Bertz CT molecular complexity index is 1290. The number of hydrogen-bond donors (Lipinski definition) is 1. The molecule has 0 bridgehead atoms. The van der Waals surface area contributed by atoms with Crippen LogP contribution in [0.1, 0.15) is 68.4 Å². The molecule has 0 aromatic heterocycles. The number of non-ortho nitro benzene ring substituents is 1. The third kappa shape index (κ3) is 4.67. The summed E-state index contributed by atoms with van der Waals surface area (Å²) < 4.78 is 5.85. The third-order valence-corrected chi connectivity index (χ3v) is 7.63. The Labute approximate surface area is 214 Å². The second-order valence-electron chi connectivity index (χ2n) is 9.73. The van der Waals surface area contributed by atoms with E-state index in [9.17, 15) is 19.7 Å². The van der Waals surface area contributed by atoms with Crippen molar-refractivity contribution >= 4 is 29.0 Å². The minimum atomic E-state index is -0.728. The number of ketones is 1. The minimum Gasteiger partial charge on any atom is -0.459 e. The first-order valence-corrected chi connectivity index (χ1v) is 12.6. The van der Waals surface area contributed by atoms with Crippen LogP contribution in [0.15, 0.2) is 71.1 Å². The molecule has 3 aliphatic rings. The van der Waals surface area contributed by atoms with Crippen LogP contribution >= 0.6 is 11.6 Å². The molecule has 2 atom stereocenters. The Balaban J connectivity index is 1.56. The highest BCUT2D eigenvalue weighted by Crippen LogP contribution is 2.46. The minimum absolute atomic E-state index is 0.0356. The summed E-state index contributed by atoms with van der Waals surface area (Å²) in [5, 5.41) is 15.5. The van der Waals surface area contributed by atoms with E-state index in [0.29, 0.717) is 33.9 Å². The van der Waals surface area contributed by atoms with Crippen molar-refractivity contribution < 1.29 is 19.2 Å². The number of ether oxygens (including phenoxy) is 1. The molecule has 0 radical (unpaired) electrons. The van der Waals surface area contributed by atoms with Crippen molar-refractivity contribution in [3.63, 3.8) is 0 Å². The molecule has 5 rings (SSSR count). The van der Waals surface area contributed by atoms with E-state index < -0.39 is 16.8 Å². The summed E-state index contributed by atoms with van der Waals surface area (Å²) in [5.74, 6) is -1.32. The zero-order valence-corrected chi connectivity index (χ0v) is 20.7. The van der Waals surface area contributed by atoms with Crippen molar-refractivity contribution in [1.82, 2.24) is 5.32 Å². The van der Waals surface area contributed by atoms with Crippen molar-refractivity contribution in [3.05, 3.63) is 97.3 Å². The first-order chi connectivity index (χ1) is 17.3. The quantitative estimate of drug-likeness (QED) is 0.299. The van der Waals surface area contributed by atoms with Crippen LogP contribution in [0.2, 0.25) is 5.02 Å². The van der Waals surface area contributed by atoms with Crippen LogP contribution in [0, 0.1) is 10.1 Å². The van der Waals surface area contributed by atoms with Gasteiger partial charge in [-0.3, -0.25) is 14.9 Å². The van der Waals surface area contributed by atoms with Gasteiger partial charge in [-0.25, -0.2) is 4.79 Å². The van der Waals surface area contributed by atoms with Crippen LogP contribution in [0.5, 0.6) is 0 Å². The van der Waals surface area contributed by atoms with Gasteiger partial charge in [-0.15, -0.1) is 0 Å². The molecule has 2 aromatic carbocycles. The zero-order valence-electron chi connectivity index (χ0n) is 20.0. The summed E-state index contributed by atoms with van der Waals surface area (Å²) in [7, 11) is 0. The number of nitro benzene ring substituents is 1. The average molecular weight is 507 g/mol. The number of dihydropyridines is 1. The van der Waals surface area contributed by atoms with E-state index >= 15 is 0 Å². The fourth-order valence-corrected chi connectivity index (χ4v) is 5.78. The van der Waals surface area contributed by atoms with E-state index in [1.165, 1.54) is 12.1 Å². The molecule has 36 heavy (non-hydrogen) atoms. The summed E-state index contributed by atoms with van der Waals surface area (Å²) in [4.78, 5) is 38.2. The number of Topliss-reactive ketones (excluding diaryl/α,β-unsaturated/α-hetero) is 1. The summed E-state index contributed by atoms with van der Waals surface area (Å²) in [6.45, 7) is 1.80. The molecule has 0 saturated heterocycles.